The zero-order valence-electron chi connectivity index (χ0n) is 10.8. The number of nitrogens with zero attached hydrogens (tertiary/aromatic N) is 1. The van der Waals surface area contributed by atoms with E-state index in [1.807, 2.05) is 0 Å². The molecule has 0 aromatic heterocycles. The molecule has 0 amide bonds. The molecule has 3 atom stereocenters. The molecule has 0 aromatic rings. The van der Waals surface area contributed by atoms with Crippen LogP contribution in [0.5, 0.6) is 0 Å². The fraction of sp³-hybridized carbons (Fsp3) is 0.846. The minimum atomic E-state index is 0.286. The molecule has 2 nitrogen and oxygen atoms in total. The van der Waals surface area contributed by atoms with Gasteiger partial charge < -0.3 is 10.6 Å². The summed E-state index contributed by atoms with van der Waals surface area (Å²) in [6, 6.07) is 0.885. The Kier molecular flexibility index (Phi) is 3.96. The lowest BCUT2D eigenvalue weighted by Gasteiger charge is -2.36. The highest BCUT2D eigenvalue weighted by atomic mass is 15.1. The molecule has 0 spiro atoms. The highest BCUT2D eigenvalue weighted by Gasteiger charge is 2.26. The molecule has 1 aliphatic rings. The molecular formula is C13H26N2. The molecule has 0 heterocycles. The fourth-order valence-electron chi connectivity index (χ4n) is 2.13. The summed E-state index contributed by atoms with van der Waals surface area (Å²) in [7, 11) is 2.22. The molecule has 0 saturated heterocycles. The third-order valence-corrected chi connectivity index (χ3v) is 3.64. The van der Waals surface area contributed by atoms with E-state index in [4.69, 9.17) is 5.73 Å². The summed E-state index contributed by atoms with van der Waals surface area (Å²) in [4.78, 5) is 2.45. The first kappa shape index (κ1) is 12.7. The summed E-state index contributed by atoms with van der Waals surface area (Å²) in [5.41, 5.74) is 6.20. The summed E-state index contributed by atoms with van der Waals surface area (Å²) in [5.74, 6) is 0.648. The summed E-state index contributed by atoms with van der Waals surface area (Å²) >= 11 is 0. The van der Waals surface area contributed by atoms with E-state index >= 15 is 0 Å². The molecule has 2 N–H and O–H groups in total. The van der Waals surface area contributed by atoms with Crippen LogP contribution in [0.4, 0.5) is 0 Å². The van der Waals surface area contributed by atoms with Crippen molar-refractivity contribution in [3.05, 3.63) is 12.2 Å². The van der Waals surface area contributed by atoms with Crippen LogP contribution in [0.25, 0.3) is 0 Å². The van der Waals surface area contributed by atoms with Crippen molar-refractivity contribution in [3.63, 3.8) is 0 Å². The highest BCUT2D eigenvalue weighted by Crippen LogP contribution is 2.25. The van der Waals surface area contributed by atoms with Crippen molar-refractivity contribution in [2.75, 3.05) is 13.6 Å². The van der Waals surface area contributed by atoms with E-state index in [1.54, 1.807) is 0 Å². The van der Waals surface area contributed by atoms with Crippen LogP contribution in [0.3, 0.4) is 0 Å². The van der Waals surface area contributed by atoms with E-state index in [0.29, 0.717) is 17.4 Å². The average Bonchev–Trinajstić information content (AvgIpc) is 2.48. The maximum Gasteiger partial charge on any atom is 0.0229 e. The smallest absolute Gasteiger partial charge is 0.0229 e. The predicted octanol–water partition coefficient (Wildman–Crippen LogP) is 2.26. The molecule has 0 fully saturated rings. The molecule has 0 aromatic carbocycles. The Balaban J connectivity index is 2.42. The molecule has 0 saturated carbocycles. The molecular weight excluding hydrogens is 184 g/mol. The predicted molar refractivity (Wildman–Crippen MR) is 66.8 cm³/mol. The molecule has 0 aliphatic heterocycles. The van der Waals surface area contributed by atoms with Crippen LogP contribution in [-0.2, 0) is 0 Å². The Morgan fingerprint density at radius 1 is 1.40 bits per heavy atom. The van der Waals surface area contributed by atoms with E-state index < -0.39 is 0 Å². The minimum Gasteiger partial charge on any atom is -0.324 e. The third-order valence-electron chi connectivity index (χ3n) is 3.64. The van der Waals surface area contributed by atoms with Crippen LogP contribution < -0.4 is 5.73 Å². The van der Waals surface area contributed by atoms with Crippen LogP contribution >= 0.6 is 0 Å². The first-order valence-electron chi connectivity index (χ1n) is 5.95. The van der Waals surface area contributed by atoms with Crippen LogP contribution in [0.1, 0.15) is 34.1 Å². The molecule has 1 aliphatic carbocycles. The van der Waals surface area contributed by atoms with Gasteiger partial charge in [-0.1, -0.05) is 32.9 Å². The van der Waals surface area contributed by atoms with Crippen molar-refractivity contribution in [2.24, 2.45) is 17.1 Å². The molecule has 88 valence electrons. The van der Waals surface area contributed by atoms with Gasteiger partial charge in [0.25, 0.3) is 0 Å². The van der Waals surface area contributed by atoms with Crippen molar-refractivity contribution in [1.82, 2.24) is 4.90 Å². The van der Waals surface area contributed by atoms with Crippen LogP contribution in [-0.4, -0.2) is 30.6 Å². The summed E-state index contributed by atoms with van der Waals surface area (Å²) in [6.07, 6.45) is 5.53. The standard InChI is InChI=1S/C13H26N2/c1-10(13(2,3)4)15(5)9-11-6-7-12(14)8-11/h6-7,10-12H,8-9,14H2,1-5H3. The minimum absolute atomic E-state index is 0.286. The van der Waals surface area contributed by atoms with Crippen LogP contribution in [0.2, 0.25) is 0 Å². The van der Waals surface area contributed by atoms with E-state index in [0.717, 1.165) is 13.0 Å². The van der Waals surface area contributed by atoms with E-state index in [-0.39, 0.29) is 6.04 Å². The topological polar surface area (TPSA) is 29.3 Å². The molecule has 15 heavy (non-hydrogen) atoms. The zero-order valence-corrected chi connectivity index (χ0v) is 10.8. The van der Waals surface area contributed by atoms with E-state index in [2.05, 4.69) is 51.8 Å². The van der Waals surface area contributed by atoms with Gasteiger partial charge in [-0.2, -0.15) is 0 Å². The maximum atomic E-state index is 5.86. The van der Waals surface area contributed by atoms with Gasteiger partial charge in [0.1, 0.15) is 0 Å². The quantitative estimate of drug-likeness (QED) is 0.724. The number of nitrogens with two attached hydrogens (primary N) is 1. The number of hydrogen-bond acceptors (Lipinski definition) is 2. The molecule has 2 heteroatoms. The lowest BCUT2D eigenvalue weighted by Crippen LogP contribution is -2.41. The molecule has 0 bridgehead atoms. The van der Waals surface area contributed by atoms with Crippen molar-refractivity contribution >= 4 is 0 Å². The second-order valence-corrected chi connectivity index (χ2v) is 6.03. The molecule has 0 radical (unpaired) electrons. The summed E-state index contributed by atoms with van der Waals surface area (Å²) in [5, 5.41) is 0. The lowest BCUT2D eigenvalue weighted by atomic mass is 9.86. The second kappa shape index (κ2) is 4.67. The van der Waals surface area contributed by atoms with Crippen LogP contribution in [0.15, 0.2) is 12.2 Å². The summed E-state index contributed by atoms with van der Waals surface area (Å²) in [6.45, 7) is 10.3. The van der Waals surface area contributed by atoms with Gasteiger partial charge in [0.05, 0.1) is 0 Å². The Hall–Kier alpha value is -0.340. The van der Waals surface area contributed by atoms with Crippen molar-refractivity contribution in [2.45, 2.75) is 46.2 Å². The van der Waals surface area contributed by atoms with Gasteiger partial charge in [0.2, 0.25) is 0 Å². The monoisotopic (exact) mass is 210 g/mol. The van der Waals surface area contributed by atoms with E-state index in [9.17, 15) is 0 Å². The van der Waals surface area contributed by atoms with Crippen LogP contribution in [0, 0.1) is 11.3 Å². The third kappa shape index (κ3) is 3.62. The lowest BCUT2D eigenvalue weighted by molar-refractivity contribution is 0.129. The second-order valence-electron chi connectivity index (χ2n) is 6.03. The fourth-order valence-corrected chi connectivity index (χ4v) is 2.13. The molecule has 1 rings (SSSR count). The van der Waals surface area contributed by atoms with Gasteiger partial charge in [-0.3, -0.25) is 0 Å². The Bertz CT molecular complexity index is 227. The SMILES string of the molecule is CC(N(C)CC1C=CC(N)C1)C(C)(C)C. The maximum absolute atomic E-state index is 5.86. The first-order valence-corrected chi connectivity index (χ1v) is 5.95. The van der Waals surface area contributed by atoms with Crippen molar-refractivity contribution < 1.29 is 0 Å². The normalized spacial score (nSPS) is 28.7. The van der Waals surface area contributed by atoms with Gasteiger partial charge >= 0.3 is 0 Å². The van der Waals surface area contributed by atoms with E-state index in [1.165, 1.54) is 0 Å². The number of rotatable bonds is 3. The van der Waals surface area contributed by atoms with Gasteiger partial charge in [0.15, 0.2) is 0 Å². The van der Waals surface area contributed by atoms with Gasteiger partial charge in [-0.15, -0.1) is 0 Å². The Labute approximate surface area is 94.5 Å². The first-order chi connectivity index (χ1) is 6.80. The van der Waals surface area contributed by atoms with Gasteiger partial charge in [0, 0.05) is 18.6 Å². The largest absolute Gasteiger partial charge is 0.324 e. The van der Waals surface area contributed by atoms with Crippen molar-refractivity contribution in [1.29, 1.82) is 0 Å². The Morgan fingerprint density at radius 3 is 2.40 bits per heavy atom. The van der Waals surface area contributed by atoms with Gasteiger partial charge in [-0.25, -0.2) is 0 Å². The van der Waals surface area contributed by atoms with Gasteiger partial charge in [-0.05, 0) is 31.7 Å². The Morgan fingerprint density at radius 2 is 2.00 bits per heavy atom. The average molecular weight is 210 g/mol. The molecule has 3 unspecified atom stereocenters. The van der Waals surface area contributed by atoms with Crippen molar-refractivity contribution in [3.8, 4) is 0 Å². The zero-order chi connectivity index (χ0) is 11.6. The number of hydrogen-bond donors (Lipinski definition) is 1. The summed E-state index contributed by atoms with van der Waals surface area (Å²) < 4.78 is 0. The highest BCUT2D eigenvalue weighted by molar-refractivity contribution is 5.05.